The van der Waals surface area contributed by atoms with Crippen LogP contribution in [0.1, 0.15) is 34.1 Å². The van der Waals surface area contributed by atoms with E-state index in [0.717, 1.165) is 10.6 Å². The Kier molecular flexibility index (Phi) is 4.73. The predicted molar refractivity (Wildman–Crippen MR) is 87.2 cm³/mol. The topological polar surface area (TPSA) is 42.4 Å². The molecule has 23 heavy (non-hydrogen) atoms. The quantitative estimate of drug-likeness (QED) is 0.866. The molecule has 1 aromatic heterocycles. The van der Waals surface area contributed by atoms with Crippen molar-refractivity contribution < 1.29 is 13.9 Å². The van der Waals surface area contributed by atoms with Crippen LogP contribution in [0.15, 0.2) is 30.5 Å². The second-order valence-electron chi connectivity index (χ2n) is 5.89. The van der Waals surface area contributed by atoms with Gasteiger partial charge in [-0.2, -0.15) is 0 Å². The van der Waals surface area contributed by atoms with E-state index < -0.39 is 0 Å². The number of hydrogen-bond acceptors (Lipinski definition) is 4. The highest BCUT2D eigenvalue weighted by Crippen LogP contribution is 2.21. The first-order chi connectivity index (χ1) is 11.0. The number of carbonyl (C=O) groups is 1. The van der Waals surface area contributed by atoms with E-state index in [1.807, 2.05) is 18.7 Å². The van der Waals surface area contributed by atoms with Crippen LogP contribution in [0, 0.1) is 5.82 Å². The lowest BCUT2D eigenvalue weighted by molar-refractivity contribution is -0.0585. The zero-order valence-electron chi connectivity index (χ0n) is 13.2. The molecule has 1 amide bonds. The third-order valence-electron chi connectivity index (χ3n) is 3.74. The van der Waals surface area contributed by atoms with Crippen LogP contribution in [0.2, 0.25) is 0 Å². The first-order valence-corrected chi connectivity index (χ1v) is 8.47. The molecular formula is C17H19FN2O2S. The number of aromatic nitrogens is 1. The molecule has 0 radical (unpaired) electrons. The van der Waals surface area contributed by atoms with Crippen molar-refractivity contribution in [1.29, 1.82) is 0 Å². The monoisotopic (exact) mass is 334 g/mol. The SMILES string of the molecule is C[C@H]1CN(C(=O)c2cnc(Cc3ccc(F)cc3)s2)C[C@H](C)O1. The summed E-state index contributed by atoms with van der Waals surface area (Å²) in [6, 6.07) is 6.35. The van der Waals surface area contributed by atoms with Gasteiger partial charge >= 0.3 is 0 Å². The fourth-order valence-corrected chi connectivity index (χ4v) is 3.69. The maximum absolute atomic E-state index is 12.9. The third kappa shape index (κ3) is 3.95. The summed E-state index contributed by atoms with van der Waals surface area (Å²) in [6.07, 6.45) is 2.34. The summed E-state index contributed by atoms with van der Waals surface area (Å²) in [7, 11) is 0. The highest BCUT2D eigenvalue weighted by atomic mass is 32.1. The summed E-state index contributed by atoms with van der Waals surface area (Å²) >= 11 is 1.40. The molecule has 6 heteroatoms. The fourth-order valence-electron chi connectivity index (χ4n) is 2.77. The van der Waals surface area contributed by atoms with Gasteiger partial charge in [0.25, 0.3) is 5.91 Å². The number of thiazole rings is 1. The minimum absolute atomic E-state index is 0.00913. The Bertz CT molecular complexity index is 676. The van der Waals surface area contributed by atoms with Crippen molar-refractivity contribution in [3.05, 3.63) is 51.7 Å². The molecule has 1 fully saturated rings. The van der Waals surface area contributed by atoms with Gasteiger partial charge in [-0.15, -0.1) is 11.3 Å². The smallest absolute Gasteiger partial charge is 0.265 e. The normalized spacial score (nSPS) is 21.4. The number of carbonyl (C=O) groups excluding carboxylic acids is 1. The van der Waals surface area contributed by atoms with E-state index in [1.54, 1.807) is 18.3 Å². The Labute approximate surface area is 138 Å². The van der Waals surface area contributed by atoms with E-state index in [1.165, 1.54) is 23.5 Å². The highest BCUT2D eigenvalue weighted by molar-refractivity contribution is 7.13. The van der Waals surface area contributed by atoms with Gasteiger partial charge in [-0.25, -0.2) is 9.37 Å². The summed E-state index contributed by atoms with van der Waals surface area (Å²) < 4.78 is 18.6. The molecule has 0 aliphatic carbocycles. The number of halogens is 1. The standard InChI is InChI=1S/C17H19FN2O2S/c1-11-9-20(10-12(2)22-11)17(21)15-8-19-16(23-15)7-13-3-5-14(18)6-4-13/h3-6,8,11-12H,7,9-10H2,1-2H3/t11-,12-/m0/s1. The zero-order valence-corrected chi connectivity index (χ0v) is 14.0. The summed E-state index contributed by atoms with van der Waals surface area (Å²) in [4.78, 5) is 19.4. The van der Waals surface area contributed by atoms with E-state index in [4.69, 9.17) is 4.74 Å². The summed E-state index contributed by atoms with van der Waals surface area (Å²) in [5.74, 6) is -0.242. The molecule has 0 bridgehead atoms. The van der Waals surface area contributed by atoms with Gasteiger partial charge in [-0.1, -0.05) is 12.1 Å². The van der Waals surface area contributed by atoms with E-state index >= 15 is 0 Å². The number of nitrogens with zero attached hydrogens (tertiary/aromatic N) is 2. The minimum atomic E-state index is -0.251. The second-order valence-corrected chi connectivity index (χ2v) is 7.00. The Morgan fingerprint density at radius 1 is 1.30 bits per heavy atom. The average molecular weight is 334 g/mol. The van der Waals surface area contributed by atoms with E-state index in [0.29, 0.717) is 24.4 Å². The van der Waals surface area contributed by atoms with Crippen molar-refractivity contribution in [2.45, 2.75) is 32.5 Å². The Balaban J connectivity index is 1.68. The van der Waals surface area contributed by atoms with Crippen LogP contribution in [0.4, 0.5) is 4.39 Å². The van der Waals surface area contributed by atoms with Crippen molar-refractivity contribution in [3.63, 3.8) is 0 Å². The van der Waals surface area contributed by atoms with Crippen LogP contribution in [0.25, 0.3) is 0 Å². The van der Waals surface area contributed by atoms with Crippen LogP contribution in [-0.2, 0) is 11.2 Å². The number of morpholine rings is 1. The Hall–Kier alpha value is -1.79. The van der Waals surface area contributed by atoms with E-state index in [9.17, 15) is 9.18 Å². The number of ether oxygens (including phenoxy) is 1. The van der Waals surface area contributed by atoms with Gasteiger partial charge < -0.3 is 9.64 Å². The molecule has 1 aliphatic heterocycles. The summed E-state index contributed by atoms with van der Waals surface area (Å²) in [5.41, 5.74) is 0.980. The maximum atomic E-state index is 12.9. The molecule has 2 atom stereocenters. The lowest BCUT2D eigenvalue weighted by atomic mass is 10.2. The summed E-state index contributed by atoms with van der Waals surface area (Å²) in [5, 5.41) is 0.856. The molecule has 122 valence electrons. The molecule has 0 spiro atoms. The molecule has 2 heterocycles. The molecule has 1 aliphatic rings. The van der Waals surface area contributed by atoms with Gasteiger partial charge in [0.2, 0.25) is 0 Å². The van der Waals surface area contributed by atoms with Gasteiger partial charge in [0, 0.05) is 19.5 Å². The molecule has 0 N–H and O–H groups in total. The number of amides is 1. The lowest BCUT2D eigenvalue weighted by Gasteiger charge is -2.35. The third-order valence-corrected chi connectivity index (χ3v) is 4.73. The van der Waals surface area contributed by atoms with E-state index in [-0.39, 0.29) is 23.9 Å². The predicted octanol–water partition coefficient (Wildman–Crippen LogP) is 3.12. The fraction of sp³-hybridized carbons (Fsp3) is 0.412. The summed E-state index contributed by atoms with van der Waals surface area (Å²) in [6.45, 7) is 5.16. The molecular weight excluding hydrogens is 315 g/mol. The van der Waals surface area contributed by atoms with E-state index in [2.05, 4.69) is 4.98 Å². The van der Waals surface area contributed by atoms with Gasteiger partial charge in [-0.3, -0.25) is 4.79 Å². The largest absolute Gasteiger partial charge is 0.372 e. The van der Waals surface area contributed by atoms with Crippen molar-refractivity contribution in [3.8, 4) is 0 Å². The van der Waals surface area contributed by atoms with Crippen LogP contribution >= 0.6 is 11.3 Å². The maximum Gasteiger partial charge on any atom is 0.265 e. The van der Waals surface area contributed by atoms with Crippen LogP contribution in [-0.4, -0.2) is 41.1 Å². The van der Waals surface area contributed by atoms with Crippen molar-refractivity contribution >= 4 is 17.2 Å². The second kappa shape index (κ2) is 6.76. The van der Waals surface area contributed by atoms with Gasteiger partial charge in [0.05, 0.1) is 23.4 Å². The van der Waals surface area contributed by atoms with Gasteiger partial charge in [0.15, 0.2) is 0 Å². The first kappa shape index (κ1) is 16.1. The van der Waals surface area contributed by atoms with Crippen molar-refractivity contribution in [2.24, 2.45) is 0 Å². The molecule has 4 nitrogen and oxygen atoms in total. The average Bonchev–Trinajstić information content (AvgIpc) is 2.96. The van der Waals surface area contributed by atoms with Crippen molar-refractivity contribution in [2.75, 3.05) is 13.1 Å². The highest BCUT2D eigenvalue weighted by Gasteiger charge is 2.27. The van der Waals surface area contributed by atoms with Crippen LogP contribution in [0.5, 0.6) is 0 Å². The van der Waals surface area contributed by atoms with Crippen molar-refractivity contribution in [1.82, 2.24) is 9.88 Å². The zero-order chi connectivity index (χ0) is 16.4. The molecule has 1 saturated heterocycles. The number of benzene rings is 1. The Morgan fingerprint density at radius 3 is 2.61 bits per heavy atom. The molecule has 3 rings (SSSR count). The van der Waals surface area contributed by atoms with Crippen LogP contribution < -0.4 is 0 Å². The van der Waals surface area contributed by atoms with Gasteiger partial charge in [-0.05, 0) is 31.5 Å². The Morgan fingerprint density at radius 2 is 1.96 bits per heavy atom. The first-order valence-electron chi connectivity index (χ1n) is 7.65. The van der Waals surface area contributed by atoms with Gasteiger partial charge in [0.1, 0.15) is 10.7 Å². The molecule has 0 saturated carbocycles. The van der Waals surface area contributed by atoms with Crippen LogP contribution in [0.3, 0.4) is 0 Å². The number of hydrogen-bond donors (Lipinski definition) is 0. The number of rotatable bonds is 3. The minimum Gasteiger partial charge on any atom is -0.372 e. The molecule has 1 aromatic carbocycles. The molecule has 0 unspecified atom stereocenters. The molecule has 2 aromatic rings. The lowest BCUT2D eigenvalue weighted by Crippen LogP contribution is -2.48.